The molecule has 1 aliphatic rings. The minimum atomic E-state index is -0.726. The smallest absolute Gasteiger partial charge is 0.138 e. The molecule has 0 bridgehead atoms. The monoisotopic (exact) mass is 229 g/mol. The summed E-state index contributed by atoms with van der Waals surface area (Å²) in [6.45, 7) is 0. The van der Waals surface area contributed by atoms with Crippen LogP contribution in [-0.4, -0.2) is 10.9 Å². The lowest BCUT2D eigenvalue weighted by atomic mass is 9.81. The van der Waals surface area contributed by atoms with Gasteiger partial charge in [0.05, 0.1) is 17.7 Å². The van der Waals surface area contributed by atoms with Gasteiger partial charge in [0.15, 0.2) is 0 Å². The molecule has 3 heteroatoms. The van der Waals surface area contributed by atoms with Gasteiger partial charge in [-0.1, -0.05) is 18.6 Å². The van der Waals surface area contributed by atoms with Gasteiger partial charge in [0.25, 0.3) is 0 Å². The van der Waals surface area contributed by atoms with Crippen LogP contribution in [0.5, 0.6) is 0 Å². The van der Waals surface area contributed by atoms with E-state index in [2.05, 4.69) is 0 Å². The Balaban J connectivity index is 2.15. The third-order valence-corrected chi connectivity index (χ3v) is 3.36. The molecular formula is C14H15NO2. The highest BCUT2D eigenvalue weighted by Gasteiger charge is 2.29. The Morgan fingerprint density at radius 1 is 1.29 bits per heavy atom. The molecule has 17 heavy (non-hydrogen) atoms. The van der Waals surface area contributed by atoms with Crippen LogP contribution >= 0.6 is 0 Å². The minimum absolute atomic E-state index is 0.160. The van der Waals surface area contributed by atoms with Crippen LogP contribution in [0.1, 0.15) is 42.9 Å². The van der Waals surface area contributed by atoms with E-state index in [1.165, 1.54) is 0 Å². The van der Waals surface area contributed by atoms with Crippen LogP contribution in [0.4, 0.5) is 0 Å². The first-order valence-electron chi connectivity index (χ1n) is 5.93. The molecule has 1 N–H and O–H groups in total. The zero-order valence-electron chi connectivity index (χ0n) is 9.60. The standard InChI is InChI=1S/C14H15NO2/c15-9-10-5-7-11(8-6-10)14(17)12-3-1-2-4-13(12)16/h5-8,12,14,17H,1-4H2/t12-,14-/m1/s1. The molecule has 1 aromatic carbocycles. The highest BCUT2D eigenvalue weighted by molar-refractivity contribution is 5.82. The van der Waals surface area contributed by atoms with Crippen LogP contribution in [-0.2, 0) is 4.79 Å². The van der Waals surface area contributed by atoms with E-state index in [9.17, 15) is 9.90 Å². The second-order valence-corrected chi connectivity index (χ2v) is 4.50. The number of benzene rings is 1. The lowest BCUT2D eigenvalue weighted by Gasteiger charge is -2.25. The van der Waals surface area contributed by atoms with Gasteiger partial charge in [0.1, 0.15) is 5.78 Å². The van der Waals surface area contributed by atoms with Crippen molar-refractivity contribution in [2.45, 2.75) is 31.8 Å². The van der Waals surface area contributed by atoms with Gasteiger partial charge in [0, 0.05) is 12.3 Å². The number of ketones is 1. The van der Waals surface area contributed by atoms with Crippen molar-refractivity contribution in [3.63, 3.8) is 0 Å². The fourth-order valence-electron chi connectivity index (χ4n) is 2.33. The normalized spacial score (nSPS) is 21.9. The summed E-state index contributed by atoms with van der Waals surface area (Å²) in [4.78, 5) is 11.7. The third-order valence-electron chi connectivity index (χ3n) is 3.36. The molecule has 88 valence electrons. The summed E-state index contributed by atoms with van der Waals surface area (Å²) >= 11 is 0. The SMILES string of the molecule is N#Cc1ccc([C@@H](O)[C@@H]2CCCCC2=O)cc1. The van der Waals surface area contributed by atoms with Crippen LogP contribution in [0.25, 0.3) is 0 Å². The first-order valence-corrected chi connectivity index (χ1v) is 5.93. The largest absolute Gasteiger partial charge is 0.388 e. The predicted octanol–water partition coefficient (Wildman–Crippen LogP) is 2.35. The van der Waals surface area contributed by atoms with Gasteiger partial charge in [0.2, 0.25) is 0 Å². The number of carbonyl (C=O) groups is 1. The van der Waals surface area contributed by atoms with Gasteiger partial charge in [-0.3, -0.25) is 4.79 Å². The molecule has 0 heterocycles. The Labute approximate surface area is 101 Å². The minimum Gasteiger partial charge on any atom is -0.388 e. The summed E-state index contributed by atoms with van der Waals surface area (Å²) in [6, 6.07) is 8.83. The van der Waals surface area contributed by atoms with Gasteiger partial charge in [-0.25, -0.2) is 0 Å². The van der Waals surface area contributed by atoms with Crippen molar-refractivity contribution in [2.24, 2.45) is 5.92 Å². The average molecular weight is 229 g/mol. The van der Waals surface area contributed by atoms with E-state index in [4.69, 9.17) is 5.26 Å². The summed E-state index contributed by atoms with van der Waals surface area (Å²) in [5.41, 5.74) is 1.29. The number of carbonyl (C=O) groups excluding carboxylic acids is 1. The molecule has 0 radical (unpaired) electrons. The molecule has 2 atom stereocenters. The van der Waals surface area contributed by atoms with Crippen molar-refractivity contribution in [3.8, 4) is 6.07 Å². The van der Waals surface area contributed by atoms with Gasteiger partial charge in [-0.2, -0.15) is 5.26 Å². The first kappa shape index (κ1) is 11.8. The molecule has 0 aliphatic heterocycles. The predicted molar refractivity (Wildman–Crippen MR) is 63.1 cm³/mol. The summed E-state index contributed by atoms with van der Waals surface area (Å²) in [6.07, 6.45) is 2.56. The zero-order chi connectivity index (χ0) is 12.3. The lowest BCUT2D eigenvalue weighted by Crippen LogP contribution is -2.25. The van der Waals surface area contributed by atoms with Crippen molar-refractivity contribution >= 4 is 5.78 Å². The Morgan fingerprint density at radius 3 is 2.59 bits per heavy atom. The Morgan fingerprint density at radius 2 is 2.00 bits per heavy atom. The molecule has 0 amide bonds. The van der Waals surface area contributed by atoms with Crippen molar-refractivity contribution in [3.05, 3.63) is 35.4 Å². The molecule has 0 saturated heterocycles. The number of hydrogen-bond acceptors (Lipinski definition) is 3. The number of nitrogens with zero attached hydrogens (tertiary/aromatic N) is 1. The number of aliphatic hydroxyl groups excluding tert-OH is 1. The van der Waals surface area contributed by atoms with Crippen LogP contribution in [0.3, 0.4) is 0 Å². The molecule has 1 saturated carbocycles. The second kappa shape index (κ2) is 5.11. The number of aliphatic hydroxyl groups is 1. The maximum atomic E-state index is 11.7. The average Bonchev–Trinajstić information content (AvgIpc) is 2.39. The number of nitriles is 1. The van der Waals surface area contributed by atoms with E-state index < -0.39 is 6.10 Å². The van der Waals surface area contributed by atoms with Crippen molar-refractivity contribution in [2.75, 3.05) is 0 Å². The van der Waals surface area contributed by atoms with E-state index >= 15 is 0 Å². The summed E-state index contributed by atoms with van der Waals surface area (Å²) in [7, 11) is 0. The molecule has 0 aromatic heterocycles. The van der Waals surface area contributed by atoms with Crippen molar-refractivity contribution in [1.82, 2.24) is 0 Å². The lowest BCUT2D eigenvalue weighted by molar-refractivity contribution is -0.128. The second-order valence-electron chi connectivity index (χ2n) is 4.50. The van der Waals surface area contributed by atoms with Crippen LogP contribution < -0.4 is 0 Å². The van der Waals surface area contributed by atoms with Crippen LogP contribution in [0.2, 0.25) is 0 Å². The van der Waals surface area contributed by atoms with E-state index in [0.717, 1.165) is 24.8 Å². The van der Waals surface area contributed by atoms with E-state index in [-0.39, 0.29) is 11.7 Å². The number of hydrogen-bond donors (Lipinski definition) is 1. The molecule has 2 rings (SSSR count). The summed E-state index contributed by atoms with van der Waals surface area (Å²) in [5.74, 6) is -0.107. The molecule has 1 fully saturated rings. The molecule has 0 spiro atoms. The Bertz CT molecular complexity index is 444. The first-order chi connectivity index (χ1) is 8.22. The topological polar surface area (TPSA) is 61.1 Å². The molecule has 1 aliphatic carbocycles. The quantitative estimate of drug-likeness (QED) is 0.846. The van der Waals surface area contributed by atoms with Gasteiger partial charge >= 0.3 is 0 Å². The zero-order valence-corrected chi connectivity index (χ0v) is 9.60. The van der Waals surface area contributed by atoms with Crippen LogP contribution in [0, 0.1) is 17.2 Å². The fraction of sp³-hybridized carbons (Fsp3) is 0.429. The highest BCUT2D eigenvalue weighted by Crippen LogP contribution is 2.32. The van der Waals surface area contributed by atoms with Gasteiger partial charge in [-0.05, 0) is 30.5 Å². The van der Waals surface area contributed by atoms with Crippen molar-refractivity contribution < 1.29 is 9.90 Å². The Hall–Kier alpha value is -1.66. The fourth-order valence-corrected chi connectivity index (χ4v) is 2.33. The summed E-state index contributed by atoms with van der Waals surface area (Å²) in [5, 5.41) is 18.9. The van der Waals surface area contributed by atoms with Crippen LogP contribution in [0.15, 0.2) is 24.3 Å². The third kappa shape index (κ3) is 2.54. The molecular weight excluding hydrogens is 214 g/mol. The van der Waals surface area contributed by atoms with E-state index in [0.29, 0.717) is 12.0 Å². The highest BCUT2D eigenvalue weighted by atomic mass is 16.3. The van der Waals surface area contributed by atoms with E-state index in [1.54, 1.807) is 24.3 Å². The molecule has 0 unspecified atom stereocenters. The number of Topliss-reactive ketones (excluding diaryl/α,β-unsaturated/α-hetero) is 1. The van der Waals surface area contributed by atoms with Gasteiger partial charge < -0.3 is 5.11 Å². The Kier molecular flexibility index (Phi) is 3.55. The maximum Gasteiger partial charge on any atom is 0.138 e. The number of rotatable bonds is 2. The molecule has 1 aromatic rings. The molecule has 3 nitrogen and oxygen atoms in total. The van der Waals surface area contributed by atoms with Gasteiger partial charge in [-0.15, -0.1) is 0 Å². The summed E-state index contributed by atoms with van der Waals surface area (Å²) < 4.78 is 0. The van der Waals surface area contributed by atoms with Crippen molar-refractivity contribution in [1.29, 1.82) is 5.26 Å². The maximum absolute atomic E-state index is 11.7. The van der Waals surface area contributed by atoms with E-state index in [1.807, 2.05) is 6.07 Å².